The normalized spacial score (nSPS) is 12.8. The zero-order valence-corrected chi connectivity index (χ0v) is 37.1. The molecule has 0 amide bonds. The zero-order valence-electron chi connectivity index (χ0n) is 37.1. The second-order valence-electron chi connectivity index (χ2n) is 18.0. The van der Waals surface area contributed by atoms with Gasteiger partial charge in [-0.1, -0.05) is 182 Å². The van der Waals surface area contributed by atoms with Crippen LogP contribution in [0.1, 0.15) is 22.3 Å². The van der Waals surface area contributed by atoms with Crippen molar-refractivity contribution in [3.8, 4) is 27.9 Å². The fourth-order valence-electron chi connectivity index (χ4n) is 11.5. The van der Waals surface area contributed by atoms with Crippen molar-refractivity contribution < 1.29 is 4.42 Å². The summed E-state index contributed by atoms with van der Waals surface area (Å²) < 4.78 is 9.21. The highest BCUT2D eigenvalue weighted by atomic mass is 16.3. The van der Waals surface area contributed by atoms with Gasteiger partial charge in [-0.15, -0.1) is 0 Å². The highest BCUT2D eigenvalue weighted by Gasteiger charge is 2.46. The minimum Gasteiger partial charge on any atom is -0.455 e. The number of fused-ring (bicyclic) bond motifs is 11. The van der Waals surface area contributed by atoms with Crippen LogP contribution in [0.3, 0.4) is 0 Å². The van der Waals surface area contributed by atoms with Gasteiger partial charge in [0, 0.05) is 44.0 Å². The number of hydrogen-bond acceptors (Lipinski definition) is 2. The van der Waals surface area contributed by atoms with Gasteiger partial charge >= 0.3 is 0 Å². The Morgan fingerprint density at radius 1 is 0.382 bits per heavy atom. The van der Waals surface area contributed by atoms with Crippen LogP contribution in [-0.4, -0.2) is 4.57 Å². The lowest BCUT2D eigenvalue weighted by Crippen LogP contribution is -2.28. The summed E-state index contributed by atoms with van der Waals surface area (Å²) in [6, 6.07) is 93.1. The molecular formula is C65H42N2O. The second-order valence-corrected chi connectivity index (χ2v) is 18.0. The first-order valence-corrected chi connectivity index (χ1v) is 23.4. The van der Waals surface area contributed by atoms with Gasteiger partial charge in [0.05, 0.1) is 22.1 Å². The van der Waals surface area contributed by atoms with Crippen molar-refractivity contribution in [2.45, 2.75) is 5.41 Å². The molecule has 2 aromatic heterocycles. The Morgan fingerprint density at radius 3 is 1.81 bits per heavy atom. The second kappa shape index (κ2) is 15.1. The van der Waals surface area contributed by atoms with Crippen LogP contribution in [0.4, 0.5) is 17.1 Å². The van der Waals surface area contributed by atoms with Crippen LogP contribution < -0.4 is 4.90 Å². The monoisotopic (exact) mass is 866 g/mol. The standard InChI is InChI=1S/C65H42N2O/c1-4-18-46(19-5-1)65(47-20-6-2-7-21-47)57-27-13-10-24-51(57)52-39-37-50(42-58(52)65)66(61-29-16-17-44-33-38-55-54-26-12-15-30-62(54)68-64(55)63(44)61)49-35-31-43(32-36-49)45-34-40-60-56(41-45)53-25-11-14-28-59(53)67(60)48-22-8-3-9-23-48/h1-42H. The molecule has 14 rings (SSSR count). The van der Waals surface area contributed by atoms with Crippen LogP contribution in [0.2, 0.25) is 0 Å². The minimum atomic E-state index is -0.549. The fraction of sp³-hybridized carbons (Fsp3) is 0.0154. The van der Waals surface area contributed by atoms with Crippen LogP contribution in [0.5, 0.6) is 0 Å². The summed E-state index contributed by atoms with van der Waals surface area (Å²) in [4.78, 5) is 2.44. The van der Waals surface area contributed by atoms with Crippen molar-refractivity contribution in [1.29, 1.82) is 0 Å². The van der Waals surface area contributed by atoms with E-state index in [-0.39, 0.29) is 0 Å². The number of para-hydroxylation sites is 3. The van der Waals surface area contributed by atoms with E-state index in [1.165, 1.54) is 60.8 Å². The van der Waals surface area contributed by atoms with Gasteiger partial charge in [-0.2, -0.15) is 0 Å². The van der Waals surface area contributed by atoms with Gasteiger partial charge in [-0.05, 0) is 123 Å². The van der Waals surface area contributed by atoms with Crippen molar-refractivity contribution >= 4 is 71.6 Å². The van der Waals surface area contributed by atoms with E-state index in [9.17, 15) is 0 Å². The van der Waals surface area contributed by atoms with Crippen molar-refractivity contribution in [2.24, 2.45) is 0 Å². The first-order chi connectivity index (χ1) is 33.7. The van der Waals surface area contributed by atoms with E-state index in [1.807, 2.05) is 0 Å². The number of furan rings is 1. The smallest absolute Gasteiger partial charge is 0.145 e. The lowest BCUT2D eigenvalue weighted by Gasteiger charge is -2.35. The van der Waals surface area contributed by atoms with Crippen molar-refractivity contribution in [2.75, 3.05) is 4.90 Å². The molecule has 0 spiro atoms. The molecule has 0 N–H and O–H groups in total. The highest BCUT2D eigenvalue weighted by molar-refractivity contribution is 6.19. The molecule has 0 atom stereocenters. The maximum atomic E-state index is 6.84. The molecular weight excluding hydrogens is 825 g/mol. The van der Waals surface area contributed by atoms with E-state index in [0.29, 0.717) is 0 Å². The molecule has 318 valence electrons. The zero-order chi connectivity index (χ0) is 44.8. The molecule has 0 fully saturated rings. The Labute approximate surface area is 394 Å². The van der Waals surface area contributed by atoms with E-state index >= 15 is 0 Å². The van der Waals surface area contributed by atoms with Crippen LogP contribution in [0.25, 0.3) is 82.5 Å². The number of aromatic nitrogens is 1. The molecule has 0 saturated carbocycles. The number of nitrogens with zero attached hydrogens (tertiary/aromatic N) is 2. The van der Waals surface area contributed by atoms with E-state index < -0.39 is 5.41 Å². The largest absolute Gasteiger partial charge is 0.455 e. The number of benzene rings is 11. The molecule has 0 aliphatic heterocycles. The molecule has 11 aromatic carbocycles. The number of hydrogen-bond donors (Lipinski definition) is 0. The molecule has 68 heavy (non-hydrogen) atoms. The lowest BCUT2D eigenvalue weighted by molar-refractivity contribution is 0.672. The average Bonchev–Trinajstić information content (AvgIpc) is 4.06. The molecule has 13 aromatic rings. The third-order valence-electron chi connectivity index (χ3n) is 14.5. The summed E-state index contributed by atoms with van der Waals surface area (Å²) in [7, 11) is 0. The molecule has 0 unspecified atom stereocenters. The van der Waals surface area contributed by atoms with E-state index in [0.717, 1.165) is 61.0 Å². The third-order valence-corrected chi connectivity index (χ3v) is 14.5. The summed E-state index contributed by atoms with van der Waals surface area (Å²) in [5.74, 6) is 0. The van der Waals surface area contributed by atoms with Crippen molar-refractivity contribution in [3.05, 3.63) is 277 Å². The molecule has 2 heterocycles. The quantitative estimate of drug-likeness (QED) is 0.159. The summed E-state index contributed by atoms with van der Waals surface area (Å²) in [5, 5.41) is 6.89. The van der Waals surface area contributed by atoms with E-state index in [4.69, 9.17) is 4.42 Å². The van der Waals surface area contributed by atoms with Crippen LogP contribution in [-0.2, 0) is 5.41 Å². The van der Waals surface area contributed by atoms with Gasteiger partial charge in [-0.25, -0.2) is 0 Å². The third kappa shape index (κ3) is 5.60. The molecule has 3 nitrogen and oxygen atoms in total. The lowest BCUT2D eigenvalue weighted by atomic mass is 9.67. The van der Waals surface area contributed by atoms with Gasteiger partial charge in [-0.3, -0.25) is 0 Å². The molecule has 3 heteroatoms. The number of rotatable bonds is 7. The highest BCUT2D eigenvalue weighted by Crippen LogP contribution is 2.57. The van der Waals surface area contributed by atoms with Gasteiger partial charge in [0.25, 0.3) is 0 Å². The van der Waals surface area contributed by atoms with Crippen molar-refractivity contribution in [1.82, 2.24) is 4.57 Å². The predicted molar refractivity (Wildman–Crippen MR) is 283 cm³/mol. The molecule has 0 saturated heterocycles. The van der Waals surface area contributed by atoms with Crippen LogP contribution in [0.15, 0.2) is 259 Å². The summed E-state index contributed by atoms with van der Waals surface area (Å²) in [6.45, 7) is 0. The van der Waals surface area contributed by atoms with Crippen molar-refractivity contribution in [3.63, 3.8) is 0 Å². The Hall–Kier alpha value is -8.92. The average molecular weight is 867 g/mol. The molecule has 0 radical (unpaired) electrons. The molecule has 1 aliphatic rings. The van der Waals surface area contributed by atoms with E-state index in [1.54, 1.807) is 0 Å². The van der Waals surface area contributed by atoms with Gasteiger partial charge in [0.2, 0.25) is 0 Å². The number of anilines is 3. The van der Waals surface area contributed by atoms with Gasteiger partial charge < -0.3 is 13.9 Å². The fourth-order valence-corrected chi connectivity index (χ4v) is 11.5. The molecule has 1 aliphatic carbocycles. The SMILES string of the molecule is c1ccc(-n2c3ccccc3c3cc(-c4ccc(N(c5ccc6c(c5)C(c5ccccc5)(c5ccccc5)c5ccccc5-6)c5cccc6ccc7c8ccccc8oc7c56)cc4)ccc32)cc1. The van der Waals surface area contributed by atoms with Crippen LogP contribution >= 0.6 is 0 Å². The summed E-state index contributed by atoms with van der Waals surface area (Å²) in [5.41, 5.74) is 17.8. The molecule has 0 bridgehead atoms. The Kier molecular flexibility index (Phi) is 8.50. The Morgan fingerprint density at radius 2 is 1.01 bits per heavy atom. The van der Waals surface area contributed by atoms with Gasteiger partial charge in [0.1, 0.15) is 11.2 Å². The maximum Gasteiger partial charge on any atom is 0.145 e. The maximum absolute atomic E-state index is 6.84. The summed E-state index contributed by atoms with van der Waals surface area (Å²) >= 11 is 0. The summed E-state index contributed by atoms with van der Waals surface area (Å²) in [6.07, 6.45) is 0. The van der Waals surface area contributed by atoms with E-state index in [2.05, 4.69) is 264 Å². The first kappa shape index (κ1) is 38.4. The Bertz CT molecular complexity index is 4030. The topological polar surface area (TPSA) is 21.3 Å². The van der Waals surface area contributed by atoms with Gasteiger partial charge in [0.15, 0.2) is 0 Å². The van der Waals surface area contributed by atoms with Crippen LogP contribution in [0, 0.1) is 0 Å². The minimum absolute atomic E-state index is 0.549. The predicted octanol–water partition coefficient (Wildman–Crippen LogP) is 17.3. The Balaban J connectivity index is 0.993. The first-order valence-electron chi connectivity index (χ1n) is 23.4.